The van der Waals surface area contributed by atoms with Gasteiger partial charge in [-0.1, -0.05) is 6.07 Å². The number of aliphatic carboxylic acids is 1. The fourth-order valence-electron chi connectivity index (χ4n) is 3.66. The number of amides is 1. The van der Waals surface area contributed by atoms with Crippen molar-refractivity contribution in [1.29, 1.82) is 0 Å². The molecule has 0 aromatic carbocycles. The van der Waals surface area contributed by atoms with E-state index in [9.17, 15) is 18.0 Å². The lowest BCUT2D eigenvalue weighted by atomic mass is 10.0. The van der Waals surface area contributed by atoms with Crippen molar-refractivity contribution in [3.8, 4) is 0 Å². The predicted molar refractivity (Wildman–Crippen MR) is 104 cm³/mol. The highest BCUT2D eigenvalue weighted by molar-refractivity contribution is 7.10. The van der Waals surface area contributed by atoms with Crippen molar-refractivity contribution in [2.45, 2.75) is 51.0 Å². The standard InChI is InChI=1S/C17H22N4OS.C2HF3O2/c1-12(16-3-2-8-23-16)17(22)20-6-4-14(5-7-20)21-15-11-18-9-13(15)10-19-21;3-2(4,5)1(6)7/h2-3,8,10,12,14,18H,4-7,9,11H2,1H3;(H,6,7). The van der Waals surface area contributed by atoms with E-state index in [-0.39, 0.29) is 11.8 Å². The number of alkyl halides is 3. The molecule has 2 aliphatic rings. The van der Waals surface area contributed by atoms with E-state index in [1.165, 1.54) is 11.3 Å². The number of carbonyl (C=O) groups excluding carboxylic acids is 1. The van der Waals surface area contributed by atoms with Gasteiger partial charge >= 0.3 is 12.1 Å². The van der Waals surface area contributed by atoms with Crippen LogP contribution in [0.25, 0.3) is 0 Å². The van der Waals surface area contributed by atoms with Crippen molar-refractivity contribution >= 4 is 23.2 Å². The lowest BCUT2D eigenvalue weighted by Crippen LogP contribution is -2.41. The average Bonchev–Trinajstić information content (AvgIpc) is 3.44. The van der Waals surface area contributed by atoms with E-state index in [0.717, 1.165) is 43.9 Å². The van der Waals surface area contributed by atoms with Gasteiger partial charge in [-0.2, -0.15) is 18.3 Å². The lowest BCUT2D eigenvalue weighted by molar-refractivity contribution is -0.192. The first-order valence-electron chi connectivity index (χ1n) is 9.56. The molecular weight excluding hydrogens is 421 g/mol. The highest BCUT2D eigenvalue weighted by Crippen LogP contribution is 2.29. The number of carbonyl (C=O) groups is 2. The monoisotopic (exact) mass is 444 g/mol. The van der Waals surface area contributed by atoms with Crippen LogP contribution in [0.2, 0.25) is 0 Å². The number of nitrogens with zero attached hydrogens (tertiary/aromatic N) is 3. The van der Waals surface area contributed by atoms with Crippen LogP contribution in [0, 0.1) is 0 Å². The summed E-state index contributed by atoms with van der Waals surface area (Å²) in [6.45, 7) is 5.55. The fraction of sp³-hybridized carbons (Fsp3) is 0.526. The number of carboxylic acids is 1. The van der Waals surface area contributed by atoms with Crippen LogP contribution < -0.4 is 5.32 Å². The molecule has 2 aromatic heterocycles. The number of hydrogen-bond acceptors (Lipinski definition) is 5. The van der Waals surface area contributed by atoms with Gasteiger partial charge < -0.3 is 15.3 Å². The number of rotatable bonds is 3. The molecule has 164 valence electrons. The van der Waals surface area contributed by atoms with Gasteiger partial charge in [-0.15, -0.1) is 11.3 Å². The molecule has 4 rings (SSSR count). The maximum Gasteiger partial charge on any atom is 0.490 e. The maximum absolute atomic E-state index is 12.7. The van der Waals surface area contributed by atoms with Gasteiger partial charge in [0.15, 0.2) is 0 Å². The minimum absolute atomic E-state index is 0.0234. The molecule has 0 spiro atoms. The molecule has 2 aliphatic heterocycles. The minimum atomic E-state index is -5.08. The SMILES string of the molecule is CC(C(=O)N1CCC(n2ncc3c2CNC3)CC1)c1cccs1.O=C(O)C(F)(F)F. The highest BCUT2D eigenvalue weighted by Gasteiger charge is 2.38. The third-order valence-corrected chi connectivity index (χ3v) is 6.35. The average molecular weight is 444 g/mol. The normalized spacial score (nSPS) is 17.8. The Labute approximate surface area is 175 Å². The summed E-state index contributed by atoms with van der Waals surface area (Å²) in [6, 6.07) is 4.50. The largest absolute Gasteiger partial charge is 0.490 e. The second kappa shape index (κ2) is 9.17. The van der Waals surface area contributed by atoms with E-state index >= 15 is 0 Å². The van der Waals surface area contributed by atoms with Crippen molar-refractivity contribution in [1.82, 2.24) is 20.0 Å². The Hall–Kier alpha value is -2.40. The van der Waals surface area contributed by atoms with Gasteiger partial charge in [0, 0.05) is 36.6 Å². The smallest absolute Gasteiger partial charge is 0.475 e. The van der Waals surface area contributed by atoms with Gasteiger partial charge in [-0.25, -0.2) is 4.79 Å². The molecule has 1 unspecified atom stereocenters. The van der Waals surface area contributed by atoms with Gasteiger partial charge in [-0.3, -0.25) is 9.48 Å². The second-order valence-corrected chi connectivity index (χ2v) is 8.24. The molecule has 1 fully saturated rings. The Balaban J connectivity index is 0.000000318. The van der Waals surface area contributed by atoms with Crippen LogP contribution in [-0.2, 0) is 22.7 Å². The molecule has 1 amide bonds. The van der Waals surface area contributed by atoms with Crippen LogP contribution >= 0.6 is 11.3 Å². The summed E-state index contributed by atoms with van der Waals surface area (Å²) in [5, 5.41) is 17.1. The van der Waals surface area contributed by atoms with Gasteiger partial charge in [0.05, 0.1) is 23.9 Å². The molecule has 1 saturated heterocycles. The molecule has 4 heterocycles. The summed E-state index contributed by atoms with van der Waals surface area (Å²) in [6.07, 6.45) is -1.10. The Bertz CT molecular complexity index is 874. The first kappa shape index (κ1) is 22.3. The number of fused-ring (bicyclic) bond motifs is 1. The van der Waals surface area contributed by atoms with E-state index in [1.807, 2.05) is 29.5 Å². The summed E-state index contributed by atoms with van der Waals surface area (Å²) in [4.78, 5) is 24.8. The Morgan fingerprint density at radius 2 is 1.97 bits per heavy atom. The summed E-state index contributed by atoms with van der Waals surface area (Å²) in [7, 11) is 0. The number of nitrogens with one attached hydrogen (secondary N) is 1. The van der Waals surface area contributed by atoms with Crippen molar-refractivity contribution in [3.63, 3.8) is 0 Å². The fourth-order valence-corrected chi connectivity index (χ4v) is 4.44. The van der Waals surface area contributed by atoms with E-state index in [4.69, 9.17) is 9.90 Å². The molecule has 1 atom stereocenters. The van der Waals surface area contributed by atoms with E-state index in [1.54, 1.807) is 11.3 Å². The number of likely N-dealkylation sites (tertiary alicyclic amines) is 1. The third kappa shape index (κ3) is 5.01. The molecular formula is C19H23F3N4O3S. The van der Waals surface area contributed by atoms with Crippen LogP contribution in [0.5, 0.6) is 0 Å². The molecule has 7 nitrogen and oxygen atoms in total. The van der Waals surface area contributed by atoms with Crippen LogP contribution in [0.1, 0.15) is 47.9 Å². The van der Waals surface area contributed by atoms with Crippen molar-refractivity contribution < 1.29 is 27.9 Å². The third-order valence-electron chi connectivity index (χ3n) is 5.30. The highest BCUT2D eigenvalue weighted by atomic mass is 32.1. The van der Waals surface area contributed by atoms with Crippen LogP contribution in [0.3, 0.4) is 0 Å². The first-order valence-corrected chi connectivity index (χ1v) is 10.4. The zero-order chi connectivity index (χ0) is 21.9. The number of carboxylic acid groups (broad SMARTS) is 1. The van der Waals surface area contributed by atoms with E-state index < -0.39 is 12.1 Å². The molecule has 2 aromatic rings. The quantitative estimate of drug-likeness (QED) is 0.760. The van der Waals surface area contributed by atoms with Gasteiger partial charge in [-0.05, 0) is 31.2 Å². The topological polar surface area (TPSA) is 87.5 Å². The summed E-state index contributed by atoms with van der Waals surface area (Å²) in [5.74, 6) is -2.52. The Kier molecular flexibility index (Phi) is 6.81. The Morgan fingerprint density at radius 1 is 1.30 bits per heavy atom. The number of piperidine rings is 1. The molecule has 0 saturated carbocycles. The zero-order valence-corrected chi connectivity index (χ0v) is 17.2. The van der Waals surface area contributed by atoms with Crippen molar-refractivity contribution in [3.05, 3.63) is 39.8 Å². The van der Waals surface area contributed by atoms with E-state index in [0.29, 0.717) is 6.04 Å². The molecule has 0 aliphatic carbocycles. The van der Waals surface area contributed by atoms with Crippen LogP contribution in [0.4, 0.5) is 13.2 Å². The number of hydrogen-bond donors (Lipinski definition) is 2. The summed E-state index contributed by atoms with van der Waals surface area (Å²) < 4.78 is 33.9. The van der Waals surface area contributed by atoms with Crippen molar-refractivity contribution in [2.75, 3.05) is 13.1 Å². The number of aromatic nitrogens is 2. The van der Waals surface area contributed by atoms with E-state index in [2.05, 4.69) is 21.2 Å². The number of halogens is 3. The minimum Gasteiger partial charge on any atom is -0.475 e. The molecule has 0 bridgehead atoms. The Morgan fingerprint density at radius 3 is 2.53 bits per heavy atom. The molecule has 11 heteroatoms. The van der Waals surface area contributed by atoms with Crippen LogP contribution in [0.15, 0.2) is 23.7 Å². The second-order valence-electron chi connectivity index (χ2n) is 7.26. The van der Waals surface area contributed by atoms with Gasteiger partial charge in [0.25, 0.3) is 0 Å². The van der Waals surface area contributed by atoms with Crippen LogP contribution in [-0.4, -0.2) is 50.9 Å². The van der Waals surface area contributed by atoms with Gasteiger partial charge in [0.2, 0.25) is 5.91 Å². The predicted octanol–water partition coefficient (Wildman–Crippen LogP) is 3.15. The first-order chi connectivity index (χ1) is 14.2. The number of thiophene rings is 1. The zero-order valence-electron chi connectivity index (χ0n) is 16.4. The summed E-state index contributed by atoms with van der Waals surface area (Å²) in [5.41, 5.74) is 2.66. The van der Waals surface area contributed by atoms with Crippen molar-refractivity contribution in [2.24, 2.45) is 0 Å². The maximum atomic E-state index is 12.7. The summed E-state index contributed by atoms with van der Waals surface area (Å²) >= 11 is 1.67. The molecule has 2 N–H and O–H groups in total. The lowest BCUT2D eigenvalue weighted by Gasteiger charge is -2.34. The van der Waals surface area contributed by atoms with Gasteiger partial charge in [0.1, 0.15) is 0 Å². The molecule has 30 heavy (non-hydrogen) atoms. The molecule has 0 radical (unpaired) electrons.